The third-order valence-electron chi connectivity index (χ3n) is 4.38. The fourth-order valence-electron chi connectivity index (χ4n) is 2.96. The zero-order valence-electron chi connectivity index (χ0n) is 15.7. The number of benzene rings is 2. The summed E-state index contributed by atoms with van der Waals surface area (Å²) in [4.78, 5) is 26.1. The molecule has 1 aliphatic rings. The molecular weight excluding hydrogens is 340 g/mol. The van der Waals surface area contributed by atoms with E-state index in [0.717, 1.165) is 11.1 Å². The van der Waals surface area contributed by atoms with E-state index in [1.807, 2.05) is 38.1 Å². The monoisotopic (exact) mass is 364 g/mol. The summed E-state index contributed by atoms with van der Waals surface area (Å²) in [7, 11) is 0. The molecule has 0 bridgehead atoms. The number of ether oxygens (including phenoxy) is 1. The molecule has 27 heavy (non-hydrogen) atoms. The molecule has 0 saturated heterocycles. The molecule has 0 saturated carbocycles. The molecule has 2 aromatic rings. The van der Waals surface area contributed by atoms with E-state index in [4.69, 9.17) is 4.74 Å². The standard InChI is InChI=1S/C22H24N2O3/c1-15(2)13-24-19-12-18(9-10-20(19)27-14-22(24)26)23-21(25)11-8-17-6-4-16(3)5-7-17/h4-7,9-10,12H,1,8,11,13-14H2,2-3H3,(H,23,25). The van der Waals surface area contributed by atoms with Gasteiger partial charge in [0.05, 0.1) is 5.69 Å². The predicted molar refractivity (Wildman–Crippen MR) is 107 cm³/mol. The lowest BCUT2D eigenvalue weighted by Crippen LogP contribution is -2.39. The number of nitrogens with zero attached hydrogens (tertiary/aromatic N) is 1. The molecule has 2 amide bonds. The minimum Gasteiger partial charge on any atom is -0.482 e. The normalized spacial score (nSPS) is 13.0. The molecule has 1 aliphatic heterocycles. The summed E-state index contributed by atoms with van der Waals surface area (Å²) in [5.41, 5.74) is 4.52. The van der Waals surface area contributed by atoms with Gasteiger partial charge < -0.3 is 15.0 Å². The zero-order chi connectivity index (χ0) is 19.4. The SMILES string of the molecule is C=C(C)CN1C(=O)COc2ccc(NC(=O)CCc3ccc(C)cc3)cc21. The molecule has 0 radical (unpaired) electrons. The minimum absolute atomic E-state index is 0.0164. The largest absolute Gasteiger partial charge is 0.482 e. The molecule has 5 nitrogen and oxygen atoms in total. The van der Waals surface area contributed by atoms with E-state index in [9.17, 15) is 9.59 Å². The van der Waals surface area contributed by atoms with Crippen LogP contribution in [-0.4, -0.2) is 25.0 Å². The molecule has 0 atom stereocenters. The number of nitrogens with one attached hydrogen (secondary N) is 1. The summed E-state index contributed by atoms with van der Waals surface area (Å²) in [6, 6.07) is 13.5. The van der Waals surface area contributed by atoms with Crippen LogP contribution in [0.3, 0.4) is 0 Å². The van der Waals surface area contributed by atoms with Crippen molar-refractivity contribution in [2.75, 3.05) is 23.4 Å². The first kappa shape index (κ1) is 18.7. The second-order valence-corrected chi connectivity index (χ2v) is 6.94. The minimum atomic E-state index is -0.117. The van der Waals surface area contributed by atoms with Crippen molar-refractivity contribution < 1.29 is 14.3 Å². The van der Waals surface area contributed by atoms with Gasteiger partial charge >= 0.3 is 0 Å². The van der Waals surface area contributed by atoms with Crippen LogP contribution in [0.25, 0.3) is 0 Å². The maximum absolute atomic E-state index is 12.3. The summed E-state index contributed by atoms with van der Waals surface area (Å²) in [6.07, 6.45) is 1.07. The highest BCUT2D eigenvalue weighted by molar-refractivity contribution is 5.99. The zero-order valence-corrected chi connectivity index (χ0v) is 15.7. The molecule has 3 rings (SSSR count). The Morgan fingerprint density at radius 2 is 1.96 bits per heavy atom. The first-order chi connectivity index (χ1) is 12.9. The molecule has 0 aliphatic carbocycles. The maximum atomic E-state index is 12.3. The topological polar surface area (TPSA) is 58.6 Å². The van der Waals surface area contributed by atoms with Crippen LogP contribution in [0.4, 0.5) is 11.4 Å². The van der Waals surface area contributed by atoms with Gasteiger partial charge in [-0.3, -0.25) is 9.59 Å². The highest BCUT2D eigenvalue weighted by atomic mass is 16.5. The number of hydrogen-bond acceptors (Lipinski definition) is 3. The first-order valence-electron chi connectivity index (χ1n) is 8.99. The molecule has 0 aromatic heterocycles. The Morgan fingerprint density at radius 1 is 1.22 bits per heavy atom. The highest BCUT2D eigenvalue weighted by Crippen LogP contribution is 2.35. The molecule has 5 heteroatoms. The van der Waals surface area contributed by atoms with Crippen molar-refractivity contribution in [1.29, 1.82) is 0 Å². The molecule has 140 valence electrons. The van der Waals surface area contributed by atoms with Crippen molar-refractivity contribution in [2.24, 2.45) is 0 Å². The fraction of sp³-hybridized carbons (Fsp3) is 0.273. The molecule has 1 heterocycles. The summed E-state index contributed by atoms with van der Waals surface area (Å²) >= 11 is 0. The van der Waals surface area contributed by atoms with E-state index in [1.165, 1.54) is 5.56 Å². The average Bonchev–Trinajstić information content (AvgIpc) is 2.63. The van der Waals surface area contributed by atoms with Gasteiger partial charge in [-0.05, 0) is 44.0 Å². The third kappa shape index (κ3) is 4.76. The number of fused-ring (bicyclic) bond motifs is 1. The second-order valence-electron chi connectivity index (χ2n) is 6.94. The Labute approximate surface area is 159 Å². The van der Waals surface area contributed by atoms with Crippen LogP contribution in [0.5, 0.6) is 5.75 Å². The van der Waals surface area contributed by atoms with Crippen LogP contribution >= 0.6 is 0 Å². The summed E-state index contributed by atoms with van der Waals surface area (Å²) in [5.74, 6) is 0.451. The maximum Gasteiger partial charge on any atom is 0.265 e. The number of aryl methyl sites for hydroxylation is 2. The Morgan fingerprint density at radius 3 is 2.67 bits per heavy atom. The van der Waals surface area contributed by atoms with Gasteiger partial charge in [-0.1, -0.05) is 42.0 Å². The van der Waals surface area contributed by atoms with Gasteiger partial charge in [0, 0.05) is 18.7 Å². The molecule has 2 aromatic carbocycles. The summed E-state index contributed by atoms with van der Waals surface area (Å²) < 4.78 is 5.49. The molecule has 0 fully saturated rings. The van der Waals surface area contributed by atoms with Gasteiger partial charge in [0.1, 0.15) is 5.75 Å². The van der Waals surface area contributed by atoms with Gasteiger partial charge in [0.15, 0.2) is 6.61 Å². The lowest BCUT2D eigenvalue weighted by atomic mass is 10.1. The van der Waals surface area contributed by atoms with Crippen LogP contribution in [0.15, 0.2) is 54.6 Å². The van der Waals surface area contributed by atoms with Crippen molar-refractivity contribution in [3.63, 3.8) is 0 Å². The predicted octanol–water partition coefficient (Wildman–Crippen LogP) is 3.87. The van der Waals surface area contributed by atoms with Crippen LogP contribution in [0.1, 0.15) is 24.5 Å². The van der Waals surface area contributed by atoms with E-state index in [1.54, 1.807) is 23.1 Å². The second kappa shape index (κ2) is 8.08. The Balaban J connectivity index is 1.67. The number of anilines is 2. The van der Waals surface area contributed by atoms with E-state index >= 15 is 0 Å². The van der Waals surface area contributed by atoms with Gasteiger partial charge in [-0.15, -0.1) is 0 Å². The highest BCUT2D eigenvalue weighted by Gasteiger charge is 2.25. The van der Waals surface area contributed by atoms with Crippen LogP contribution < -0.4 is 15.0 Å². The number of carbonyl (C=O) groups is 2. The summed E-state index contributed by atoms with van der Waals surface area (Å²) in [6.45, 7) is 8.24. The van der Waals surface area contributed by atoms with Gasteiger partial charge in [0.2, 0.25) is 5.91 Å². The van der Waals surface area contributed by atoms with Crippen molar-refractivity contribution in [3.05, 3.63) is 65.7 Å². The van der Waals surface area contributed by atoms with Crippen molar-refractivity contribution in [1.82, 2.24) is 0 Å². The Kier molecular flexibility index (Phi) is 5.60. The van der Waals surface area contributed by atoms with Crippen molar-refractivity contribution >= 4 is 23.2 Å². The quantitative estimate of drug-likeness (QED) is 0.792. The van der Waals surface area contributed by atoms with E-state index in [-0.39, 0.29) is 18.4 Å². The molecule has 1 N–H and O–H groups in total. The van der Waals surface area contributed by atoms with Crippen LogP contribution in [0.2, 0.25) is 0 Å². The smallest absolute Gasteiger partial charge is 0.265 e. The number of amides is 2. The average molecular weight is 364 g/mol. The lowest BCUT2D eigenvalue weighted by molar-refractivity contribution is -0.121. The Hall–Kier alpha value is -3.08. The number of carbonyl (C=O) groups excluding carboxylic acids is 2. The molecule has 0 unspecified atom stereocenters. The van der Waals surface area contributed by atoms with Gasteiger partial charge in [-0.25, -0.2) is 0 Å². The number of hydrogen-bond donors (Lipinski definition) is 1. The van der Waals surface area contributed by atoms with E-state index in [2.05, 4.69) is 11.9 Å². The number of rotatable bonds is 6. The van der Waals surface area contributed by atoms with Gasteiger partial charge in [0.25, 0.3) is 5.91 Å². The summed E-state index contributed by atoms with van der Waals surface area (Å²) in [5, 5.41) is 2.91. The van der Waals surface area contributed by atoms with Crippen LogP contribution in [-0.2, 0) is 16.0 Å². The van der Waals surface area contributed by atoms with Crippen LogP contribution in [0, 0.1) is 6.92 Å². The Bertz CT molecular complexity index is 872. The third-order valence-corrected chi connectivity index (χ3v) is 4.38. The fourth-order valence-corrected chi connectivity index (χ4v) is 2.96. The van der Waals surface area contributed by atoms with Gasteiger partial charge in [-0.2, -0.15) is 0 Å². The first-order valence-corrected chi connectivity index (χ1v) is 8.99. The van der Waals surface area contributed by atoms with Crippen molar-refractivity contribution in [3.8, 4) is 5.75 Å². The lowest BCUT2D eigenvalue weighted by Gasteiger charge is -2.30. The molecular formula is C22H24N2O3. The molecule has 0 spiro atoms. The van der Waals surface area contributed by atoms with E-state index in [0.29, 0.717) is 36.5 Å². The van der Waals surface area contributed by atoms with E-state index < -0.39 is 0 Å². The van der Waals surface area contributed by atoms with Crippen molar-refractivity contribution in [2.45, 2.75) is 26.7 Å².